The third-order valence-electron chi connectivity index (χ3n) is 3.24. The van der Waals surface area contributed by atoms with Gasteiger partial charge < -0.3 is 5.73 Å². The number of amidine groups is 1. The first-order chi connectivity index (χ1) is 8.08. The normalized spacial score (nSPS) is 11.1. The Hall–Kier alpha value is -1.35. The van der Waals surface area contributed by atoms with Crippen molar-refractivity contribution in [1.82, 2.24) is 4.90 Å². The van der Waals surface area contributed by atoms with Gasteiger partial charge in [0.25, 0.3) is 0 Å². The summed E-state index contributed by atoms with van der Waals surface area (Å²) in [6, 6.07) is 8.55. The van der Waals surface area contributed by atoms with Gasteiger partial charge in [0.2, 0.25) is 0 Å². The molecule has 0 aliphatic rings. The monoisotopic (exact) mass is 233 g/mol. The fourth-order valence-corrected chi connectivity index (χ4v) is 2.17. The molecular formula is C14H23N3. The summed E-state index contributed by atoms with van der Waals surface area (Å²) in [6.45, 7) is 5.35. The van der Waals surface area contributed by atoms with E-state index in [1.807, 2.05) is 18.2 Å². The molecule has 94 valence electrons. The van der Waals surface area contributed by atoms with Gasteiger partial charge in [-0.25, -0.2) is 0 Å². The highest BCUT2D eigenvalue weighted by Crippen LogP contribution is 2.12. The van der Waals surface area contributed by atoms with Crippen LogP contribution in [0.25, 0.3) is 0 Å². The first kappa shape index (κ1) is 13.7. The molecule has 1 aromatic carbocycles. The second kappa shape index (κ2) is 6.40. The summed E-state index contributed by atoms with van der Waals surface area (Å²) in [5, 5.41) is 7.44. The van der Waals surface area contributed by atoms with Crippen LogP contribution in [0.15, 0.2) is 24.3 Å². The van der Waals surface area contributed by atoms with E-state index in [1.54, 1.807) is 0 Å². The topological polar surface area (TPSA) is 53.1 Å². The van der Waals surface area contributed by atoms with Crippen LogP contribution >= 0.6 is 0 Å². The van der Waals surface area contributed by atoms with E-state index < -0.39 is 0 Å². The van der Waals surface area contributed by atoms with E-state index in [9.17, 15) is 0 Å². The fourth-order valence-electron chi connectivity index (χ4n) is 2.17. The van der Waals surface area contributed by atoms with Crippen molar-refractivity contribution in [3.05, 3.63) is 35.4 Å². The van der Waals surface area contributed by atoms with Gasteiger partial charge >= 0.3 is 0 Å². The van der Waals surface area contributed by atoms with Crippen LogP contribution in [-0.4, -0.2) is 23.8 Å². The molecule has 3 nitrogen and oxygen atoms in total. The number of rotatable bonds is 6. The first-order valence-corrected chi connectivity index (χ1v) is 6.22. The fraction of sp³-hybridized carbons (Fsp3) is 0.500. The van der Waals surface area contributed by atoms with E-state index in [4.69, 9.17) is 11.1 Å². The summed E-state index contributed by atoms with van der Waals surface area (Å²) in [5.41, 5.74) is 7.52. The SMILES string of the molecule is CCC(CC)N(C)Cc1cccc(C(=N)N)c1. The highest BCUT2D eigenvalue weighted by molar-refractivity contribution is 5.95. The largest absolute Gasteiger partial charge is 0.384 e. The van der Waals surface area contributed by atoms with Crippen LogP contribution in [0.5, 0.6) is 0 Å². The zero-order chi connectivity index (χ0) is 12.8. The molecule has 3 N–H and O–H groups in total. The number of hydrogen-bond acceptors (Lipinski definition) is 2. The lowest BCUT2D eigenvalue weighted by atomic mass is 10.1. The van der Waals surface area contributed by atoms with Crippen LogP contribution in [0, 0.1) is 5.41 Å². The maximum Gasteiger partial charge on any atom is 0.122 e. The molecular weight excluding hydrogens is 210 g/mol. The van der Waals surface area contributed by atoms with Crippen molar-refractivity contribution in [2.45, 2.75) is 39.3 Å². The van der Waals surface area contributed by atoms with Crippen LogP contribution < -0.4 is 5.73 Å². The lowest BCUT2D eigenvalue weighted by Crippen LogP contribution is -2.30. The van der Waals surface area contributed by atoms with E-state index in [1.165, 1.54) is 18.4 Å². The van der Waals surface area contributed by atoms with E-state index in [0.717, 1.165) is 12.1 Å². The van der Waals surface area contributed by atoms with Crippen molar-refractivity contribution < 1.29 is 0 Å². The number of hydrogen-bond donors (Lipinski definition) is 2. The average molecular weight is 233 g/mol. The predicted octanol–water partition coefficient (Wildman–Crippen LogP) is 2.59. The molecule has 0 radical (unpaired) electrons. The number of benzene rings is 1. The van der Waals surface area contributed by atoms with Crippen molar-refractivity contribution in [3.8, 4) is 0 Å². The Kier molecular flexibility index (Phi) is 5.16. The zero-order valence-corrected chi connectivity index (χ0v) is 11.0. The van der Waals surface area contributed by atoms with Crippen LogP contribution in [0.1, 0.15) is 37.8 Å². The molecule has 0 saturated heterocycles. The Morgan fingerprint density at radius 1 is 1.35 bits per heavy atom. The van der Waals surface area contributed by atoms with Crippen molar-refractivity contribution in [2.75, 3.05) is 7.05 Å². The van der Waals surface area contributed by atoms with E-state index >= 15 is 0 Å². The molecule has 0 atom stereocenters. The standard InChI is InChI=1S/C14H23N3/c1-4-13(5-2)17(3)10-11-7-6-8-12(9-11)14(15)16/h6-9,13H,4-5,10H2,1-3H3,(H3,15,16). The van der Waals surface area contributed by atoms with Gasteiger partial charge in [0, 0.05) is 18.2 Å². The first-order valence-electron chi connectivity index (χ1n) is 6.22. The Labute approximate surface area is 104 Å². The molecule has 0 saturated carbocycles. The minimum Gasteiger partial charge on any atom is -0.384 e. The van der Waals surface area contributed by atoms with Gasteiger partial charge in [-0.05, 0) is 31.5 Å². The van der Waals surface area contributed by atoms with Crippen molar-refractivity contribution in [2.24, 2.45) is 5.73 Å². The van der Waals surface area contributed by atoms with Gasteiger partial charge in [0.15, 0.2) is 0 Å². The molecule has 0 bridgehead atoms. The third-order valence-corrected chi connectivity index (χ3v) is 3.24. The van der Waals surface area contributed by atoms with Crippen molar-refractivity contribution in [3.63, 3.8) is 0 Å². The van der Waals surface area contributed by atoms with Crippen LogP contribution in [-0.2, 0) is 6.54 Å². The van der Waals surface area contributed by atoms with Crippen LogP contribution in [0.3, 0.4) is 0 Å². The van der Waals surface area contributed by atoms with Gasteiger partial charge in [0.1, 0.15) is 5.84 Å². The average Bonchev–Trinajstić information content (AvgIpc) is 2.30. The Balaban J connectivity index is 2.74. The lowest BCUT2D eigenvalue weighted by Gasteiger charge is -2.26. The molecule has 0 spiro atoms. The smallest absolute Gasteiger partial charge is 0.122 e. The van der Waals surface area contributed by atoms with E-state index in [2.05, 4.69) is 31.9 Å². The highest BCUT2D eigenvalue weighted by atomic mass is 15.1. The number of nitrogens with zero attached hydrogens (tertiary/aromatic N) is 1. The van der Waals surface area contributed by atoms with Gasteiger partial charge in [-0.15, -0.1) is 0 Å². The maximum absolute atomic E-state index is 7.44. The molecule has 0 unspecified atom stereocenters. The maximum atomic E-state index is 7.44. The van der Waals surface area contributed by atoms with E-state index in [-0.39, 0.29) is 5.84 Å². The molecule has 3 heteroatoms. The summed E-state index contributed by atoms with van der Waals surface area (Å²) >= 11 is 0. The minimum absolute atomic E-state index is 0.136. The molecule has 0 fully saturated rings. The molecule has 0 amide bonds. The molecule has 0 aliphatic carbocycles. The Bertz CT molecular complexity index is 369. The minimum atomic E-state index is 0.136. The zero-order valence-electron chi connectivity index (χ0n) is 11.0. The predicted molar refractivity (Wildman–Crippen MR) is 73.3 cm³/mol. The second-order valence-electron chi connectivity index (χ2n) is 4.50. The Morgan fingerprint density at radius 3 is 2.53 bits per heavy atom. The number of nitrogens with two attached hydrogens (primary N) is 1. The molecule has 17 heavy (non-hydrogen) atoms. The van der Waals surface area contributed by atoms with Crippen molar-refractivity contribution >= 4 is 5.84 Å². The lowest BCUT2D eigenvalue weighted by molar-refractivity contribution is 0.222. The summed E-state index contributed by atoms with van der Waals surface area (Å²) in [4.78, 5) is 2.36. The molecule has 0 heterocycles. The molecule has 0 aromatic heterocycles. The summed E-state index contributed by atoms with van der Waals surface area (Å²) in [7, 11) is 2.15. The summed E-state index contributed by atoms with van der Waals surface area (Å²) in [5.74, 6) is 0.136. The summed E-state index contributed by atoms with van der Waals surface area (Å²) < 4.78 is 0. The number of nitrogens with one attached hydrogen (secondary N) is 1. The quantitative estimate of drug-likeness (QED) is 0.586. The van der Waals surface area contributed by atoms with Crippen LogP contribution in [0.4, 0.5) is 0 Å². The number of nitrogen functional groups attached to an aromatic ring is 1. The van der Waals surface area contributed by atoms with Crippen molar-refractivity contribution in [1.29, 1.82) is 5.41 Å². The summed E-state index contributed by atoms with van der Waals surface area (Å²) in [6.07, 6.45) is 2.33. The third kappa shape index (κ3) is 3.86. The molecule has 1 rings (SSSR count). The van der Waals surface area contributed by atoms with Crippen LogP contribution in [0.2, 0.25) is 0 Å². The Morgan fingerprint density at radius 2 is 2.00 bits per heavy atom. The second-order valence-corrected chi connectivity index (χ2v) is 4.50. The van der Waals surface area contributed by atoms with Gasteiger partial charge in [-0.1, -0.05) is 32.0 Å². The van der Waals surface area contributed by atoms with E-state index in [0.29, 0.717) is 6.04 Å². The van der Waals surface area contributed by atoms with Gasteiger partial charge in [0.05, 0.1) is 0 Å². The highest BCUT2D eigenvalue weighted by Gasteiger charge is 2.10. The van der Waals surface area contributed by atoms with Gasteiger partial charge in [-0.3, -0.25) is 10.3 Å². The van der Waals surface area contributed by atoms with Gasteiger partial charge in [-0.2, -0.15) is 0 Å². The molecule has 1 aromatic rings. The molecule has 0 aliphatic heterocycles.